The van der Waals surface area contributed by atoms with Crippen molar-refractivity contribution in [3.63, 3.8) is 0 Å². The van der Waals surface area contributed by atoms with E-state index in [2.05, 4.69) is 20.9 Å². The minimum Gasteiger partial charge on any atom is -0.439 e. The zero-order valence-electron chi connectivity index (χ0n) is 10.6. The number of ether oxygens (including phenoxy) is 1. The molecule has 0 fully saturated rings. The number of rotatable bonds is 3. The summed E-state index contributed by atoms with van der Waals surface area (Å²) in [7, 11) is 0. The van der Waals surface area contributed by atoms with Crippen LogP contribution >= 0.6 is 15.9 Å². The van der Waals surface area contributed by atoms with Crippen molar-refractivity contribution in [2.75, 3.05) is 0 Å². The van der Waals surface area contributed by atoms with Gasteiger partial charge in [-0.1, -0.05) is 40.2 Å². The molecule has 0 radical (unpaired) electrons. The fourth-order valence-corrected chi connectivity index (χ4v) is 2.36. The van der Waals surface area contributed by atoms with Crippen LogP contribution in [-0.2, 0) is 6.61 Å². The van der Waals surface area contributed by atoms with E-state index in [1.165, 1.54) is 0 Å². The van der Waals surface area contributed by atoms with Crippen molar-refractivity contribution in [1.29, 1.82) is 0 Å². The molecule has 0 atom stereocenters. The van der Waals surface area contributed by atoms with E-state index in [0.717, 1.165) is 15.4 Å². The highest BCUT2D eigenvalue weighted by molar-refractivity contribution is 9.10. The number of aliphatic hydroxyl groups excluding tert-OH is 1. The molecule has 1 aromatic heterocycles. The van der Waals surface area contributed by atoms with Crippen molar-refractivity contribution in [2.24, 2.45) is 0 Å². The number of aliphatic hydroxyl groups is 1. The quantitative estimate of drug-likeness (QED) is 0.779. The van der Waals surface area contributed by atoms with Gasteiger partial charge in [-0.15, -0.1) is 0 Å². The topological polar surface area (TPSA) is 42.4 Å². The Hall–Kier alpha value is -1.91. The molecule has 0 aliphatic heterocycles. The fraction of sp³-hybridized carbons (Fsp3) is 0.0625. The average molecular weight is 330 g/mol. The summed E-state index contributed by atoms with van der Waals surface area (Å²) in [4.78, 5) is 4.47. The van der Waals surface area contributed by atoms with Crippen molar-refractivity contribution in [1.82, 2.24) is 4.98 Å². The lowest BCUT2D eigenvalue weighted by molar-refractivity contribution is 0.275. The van der Waals surface area contributed by atoms with Gasteiger partial charge in [0.2, 0.25) is 5.88 Å². The van der Waals surface area contributed by atoms with Crippen LogP contribution in [0.1, 0.15) is 5.56 Å². The van der Waals surface area contributed by atoms with Crippen molar-refractivity contribution >= 4 is 26.8 Å². The summed E-state index contributed by atoms with van der Waals surface area (Å²) in [5, 5.41) is 10.5. The van der Waals surface area contributed by atoms with Gasteiger partial charge in [-0.2, -0.15) is 0 Å². The molecule has 0 aliphatic carbocycles. The number of halogens is 1. The number of pyridine rings is 1. The second-order valence-electron chi connectivity index (χ2n) is 4.36. The number of hydrogen-bond acceptors (Lipinski definition) is 3. The predicted molar refractivity (Wildman–Crippen MR) is 81.9 cm³/mol. The summed E-state index contributed by atoms with van der Waals surface area (Å²) in [6.07, 6.45) is 0. The lowest BCUT2D eigenvalue weighted by atomic mass is 10.1. The van der Waals surface area contributed by atoms with Gasteiger partial charge in [0.1, 0.15) is 5.75 Å². The van der Waals surface area contributed by atoms with Crippen LogP contribution < -0.4 is 4.74 Å². The van der Waals surface area contributed by atoms with Crippen LogP contribution in [-0.4, -0.2) is 10.1 Å². The highest BCUT2D eigenvalue weighted by atomic mass is 79.9. The second kappa shape index (κ2) is 5.61. The Balaban J connectivity index is 2.05. The molecule has 20 heavy (non-hydrogen) atoms. The largest absolute Gasteiger partial charge is 0.439 e. The molecule has 0 unspecified atom stereocenters. The van der Waals surface area contributed by atoms with Crippen LogP contribution in [0.2, 0.25) is 0 Å². The molecule has 0 bridgehead atoms. The van der Waals surface area contributed by atoms with E-state index < -0.39 is 0 Å². The molecule has 0 aliphatic rings. The van der Waals surface area contributed by atoms with Gasteiger partial charge in [-0.25, -0.2) is 4.98 Å². The Kier molecular flexibility index (Phi) is 3.67. The predicted octanol–water partition coefficient (Wildman–Crippen LogP) is 4.28. The van der Waals surface area contributed by atoms with Crippen LogP contribution in [0.25, 0.3) is 10.9 Å². The molecule has 0 saturated carbocycles. The van der Waals surface area contributed by atoms with Crippen molar-refractivity contribution in [3.8, 4) is 11.6 Å². The maximum absolute atomic E-state index is 9.48. The third-order valence-electron chi connectivity index (χ3n) is 2.94. The van der Waals surface area contributed by atoms with Crippen LogP contribution in [0.5, 0.6) is 11.6 Å². The zero-order valence-corrected chi connectivity index (χ0v) is 12.2. The van der Waals surface area contributed by atoms with Gasteiger partial charge < -0.3 is 9.84 Å². The highest BCUT2D eigenvalue weighted by Crippen LogP contribution is 2.28. The smallest absolute Gasteiger partial charge is 0.225 e. The number of fused-ring (bicyclic) bond motifs is 1. The maximum Gasteiger partial charge on any atom is 0.225 e. The van der Waals surface area contributed by atoms with Crippen LogP contribution in [0, 0.1) is 0 Å². The maximum atomic E-state index is 9.48. The summed E-state index contributed by atoms with van der Waals surface area (Å²) in [6.45, 7) is -0.110. The van der Waals surface area contributed by atoms with E-state index in [4.69, 9.17) is 4.74 Å². The van der Waals surface area contributed by atoms with Gasteiger partial charge in [0.05, 0.1) is 12.1 Å². The molecule has 0 spiro atoms. The third kappa shape index (κ3) is 2.66. The summed E-state index contributed by atoms with van der Waals surface area (Å²) in [5.74, 6) is 1.11. The molecule has 1 heterocycles. The first kappa shape index (κ1) is 13.1. The van der Waals surface area contributed by atoms with E-state index >= 15 is 0 Å². The normalized spacial score (nSPS) is 10.7. The summed E-state index contributed by atoms with van der Waals surface area (Å²) >= 11 is 3.40. The first-order valence-corrected chi connectivity index (χ1v) is 6.98. The second-order valence-corrected chi connectivity index (χ2v) is 5.28. The number of para-hydroxylation sites is 1. The first-order valence-electron chi connectivity index (χ1n) is 6.19. The molecule has 0 saturated heterocycles. The standard InChI is InChI=1S/C16H12BrNO2/c17-13-5-3-6-14(9-13)20-16-12(10-19)8-11-4-1-2-7-15(11)18-16/h1-9,19H,10H2. The van der Waals surface area contributed by atoms with E-state index in [1.54, 1.807) is 0 Å². The Bertz CT molecular complexity index is 758. The van der Waals surface area contributed by atoms with Crippen LogP contribution in [0.4, 0.5) is 0 Å². The molecule has 3 rings (SSSR count). The molecule has 3 nitrogen and oxygen atoms in total. The Morgan fingerprint density at radius 3 is 2.70 bits per heavy atom. The summed E-state index contributed by atoms with van der Waals surface area (Å²) < 4.78 is 6.72. The zero-order chi connectivity index (χ0) is 13.9. The summed E-state index contributed by atoms with van der Waals surface area (Å²) in [5.41, 5.74) is 1.51. The van der Waals surface area contributed by atoms with Crippen molar-refractivity contribution < 1.29 is 9.84 Å². The lowest BCUT2D eigenvalue weighted by Gasteiger charge is -2.10. The van der Waals surface area contributed by atoms with E-state index in [0.29, 0.717) is 17.2 Å². The van der Waals surface area contributed by atoms with Gasteiger partial charge in [0, 0.05) is 15.4 Å². The molecular formula is C16H12BrNO2. The third-order valence-corrected chi connectivity index (χ3v) is 3.44. The van der Waals surface area contributed by atoms with Gasteiger partial charge in [0.25, 0.3) is 0 Å². The summed E-state index contributed by atoms with van der Waals surface area (Å²) in [6, 6.07) is 17.2. The Morgan fingerprint density at radius 2 is 1.90 bits per heavy atom. The van der Waals surface area contributed by atoms with Crippen molar-refractivity contribution in [3.05, 3.63) is 64.6 Å². The number of hydrogen-bond donors (Lipinski definition) is 1. The van der Waals surface area contributed by atoms with Crippen LogP contribution in [0.15, 0.2) is 59.1 Å². The van der Waals surface area contributed by atoms with Crippen molar-refractivity contribution in [2.45, 2.75) is 6.61 Å². The first-order chi connectivity index (χ1) is 9.76. The molecule has 0 amide bonds. The molecule has 1 N–H and O–H groups in total. The molecule has 3 aromatic rings. The van der Waals surface area contributed by atoms with Gasteiger partial charge in [-0.05, 0) is 30.3 Å². The molecule has 4 heteroatoms. The lowest BCUT2D eigenvalue weighted by Crippen LogP contribution is -1.96. The van der Waals surface area contributed by atoms with Gasteiger partial charge >= 0.3 is 0 Å². The van der Waals surface area contributed by atoms with Crippen LogP contribution in [0.3, 0.4) is 0 Å². The van der Waals surface area contributed by atoms with E-state index in [9.17, 15) is 5.11 Å². The van der Waals surface area contributed by atoms with E-state index in [1.807, 2.05) is 54.6 Å². The molecular weight excluding hydrogens is 318 g/mol. The minimum absolute atomic E-state index is 0.110. The molecule has 2 aromatic carbocycles. The van der Waals surface area contributed by atoms with Gasteiger partial charge in [0.15, 0.2) is 0 Å². The number of nitrogens with zero attached hydrogens (tertiary/aromatic N) is 1. The SMILES string of the molecule is OCc1cc2ccccc2nc1Oc1cccc(Br)c1. The minimum atomic E-state index is -0.110. The number of benzene rings is 2. The monoisotopic (exact) mass is 329 g/mol. The van der Waals surface area contributed by atoms with Gasteiger partial charge in [-0.3, -0.25) is 0 Å². The average Bonchev–Trinajstić information content (AvgIpc) is 2.46. The highest BCUT2D eigenvalue weighted by Gasteiger charge is 2.08. The number of aromatic nitrogens is 1. The fourth-order valence-electron chi connectivity index (χ4n) is 1.99. The Labute approximate surface area is 125 Å². The Morgan fingerprint density at radius 1 is 1.05 bits per heavy atom. The van der Waals surface area contributed by atoms with E-state index in [-0.39, 0.29) is 6.61 Å². The molecule has 100 valence electrons.